The van der Waals surface area contributed by atoms with Gasteiger partial charge in [-0.3, -0.25) is 19.7 Å². The van der Waals surface area contributed by atoms with Gasteiger partial charge < -0.3 is 14.4 Å². The minimum absolute atomic E-state index is 0.0179. The predicted molar refractivity (Wildman–Crippen MR) is 114 cm³/mol. The van der Waals surface area contributed by atoms with Crippen molar-refractivity contribution in [1.29, 1.82) is 0 Å². The molecule has 3 aromatic rings. The number of Topliss-reactive ketones (excluding diaryl/α,β-unsaturated/α-hetero) is 1. The van der Waals surface area contributed by atoms with Gasteiger partial charge in [-0.1, -0.05) is 40.2 Å². The number of non-ortho nitro benzene ring substituents is 1. The number of amides is 1. The van der Waals surface area contributed by atoms with Crippen molar-refractivity contribution in [2.75, 3.05) is 0 Å². The lowest BCUT2D eigenvalue weighted by molar-refractivity contribution is -0.384. The number of likely N-dealkylation sites (tertiary alicyclic amines) is 1. The summed E-state index contributed by atoms with van der Waals surface area (Å²) in [7, 11) is 0. The standard InChI is InChI=1S/C22H15BrN2O6/c23-15-8-6-13(7-9-15)19-18(20(26)14-3-1-4-16(11-14)25(29)30)21(27)22(28)24(19)12-17-5-2-10-31-17/h1-11,19,26H,12H2/b20-18+. The summed E-state index contributed by atoms with van der Waals surface area (Å²) in [6, 6.07) is 14.7. The van der Waals surface area contributed by atoms with Crippen molar-refractivity contribution in [3.05, 3.63) is 104 Å². The second-order valence-corrected chi connectivity index (χ2v) is 7.78. The molecule has 0 saturated carbocycles. The summed E-state index contributed by atoms with van der Waals surface area (Å²) in [4.78, 5) is 37.7. The van der Waals surface area contributed by atoms with Crippen molar-refractivity contribution in [2.24, 2.45) is 0 Å². The third kappa shape index (κ3) is 3.87. The zero-order chi connectivity index (χ0) is 22.1. The van der Waals surface area contributed by atoms with Crippen LogP contribution in [0.3, 0.4) is 0 Å². The number of aliphatic hydroxyl groups excluding tert-OH is 1. The highest BCUT2D eigenvalue weighted by atomic mass is 79.9. The van der Waals surface area contributed by atoms with E-state index in [1.54, 1.807) is 36.4 Å². The number of benzene rings is 2. The molecule has 0 radical (unpaired) electrons. The Morgan fingerprint density at radius 3 is 2.52 bits per heavy atom. The number of carbonyl (C=O) groups excluding carboxylic acids is 2. The molecule has 1 aromatic heterocycles. The van der Waals surface area contributed by atoms with Crippen LogP contribution in [-0.4, -0.2) is 26.6 Å². The highest BCUT2D eigenvalue weighted by Crippen LogP contribution is 2.40. The van der Waals surface area contributed by atoms with E-state index in [2.05, 4.69) is 15.9 Å². The molecule has 0 aliphatic carbocycles. The summed E-state index contributed by atoms with van der Waals surface area (Å²) in [5.74, 6) is -1.67. The van der Waals surface area contributed by atoms with Crippen LogP contribution in [0.5, 0.6) is 0 Å². The molecule has 156 valence electrons. The quantitative estimate of drug-likeness (QED) is 0.187. The van der Waals surface area contributed by atoms with Gasteiger partial charge in [-0.25, -0.2) is 0 Å². The fourth-order valence-corrected chi connectivity index (χ4v) is 3.79. The van der Waals surface area contributed by atoms with Crippen LogP contribution in [0.25, 0.3) is 5.76 Å². The van der Waals surface area contributed by atoms with Crippen molar-refractivity contribution < 1.29 is 24.0 Å². The molecule has 1 amide bonds. The van der Waals surface area contributed by atoms with Crippen LogP contribution in [-0.2, 0) is 16.1 Å². The summed E-state index contributed by atoms with van der Waals surface area (Å²) in [6.45, 7) is 0.0179. The smallest absolute Gasteiger partial charge is 0.296 e. The highest BCUT2D eigenvalue weighted by Gasteiger charge is 2.46. The van der Waals surface area contributed by atoms with Crippen molar-refractivity contribution in [3.63, 3.8) is 0 Å². The first-order chi connectivity index (χ1) is 14.9. The SMILES string of the molecule is O=C1C(=O)N(Cc2ccco2)C(c2ccc(Br)cc2)/C1=C(\O)c1cccc([N+](=O)[O-])c1. The lowest BCUT2D eigenvalue weighted by atomic mass is 9.95. The van der Waals surface area contributed by atoms with E-state index in [9.17, 15) is 24.8 Å². The molecule has 1 unspecified atom stereocenters. The van der Waals surface area contributed by atoms with Gasteiger partial charge in [0.05, 0.1) is 29.3 Å². The zero-order valence-corrected chi connectivity index (χ0v) is 17.5. The monoisotopic (exact) mass is 482 g/mol. The summed E-state index contributed by atoms with van der Waals surface area (Å²) in [5, 5.41) is 22.1. The molecule has 9 heteroatoms. The molecular weight excluding hydrogens is 468 g/mol. The number of rotatable bonds is 5. The largest absolute Gasteiger partial charge is 0.507 e. The van der Waals surface area contributed by atoms with Gasteiger partial charge in [0.25, 0.3) is 17.4 Å². The van der Waals surface area contributed by atoms with Gasteiger partial charge in [0.2, 0.25) is 0 Å². The normalized spacial score (nSPS) is 17.8. The van der Waals surface area contributed by atoms with Crippen LogP contribution < -0.4 is 0 Å². The number of nitro benzene ring substituents is 1. The maximum absolute atomic E-state index is 12.9. The minimum Gasteiger partial charge on any atom is -0.507 e. The summed E-state index contributed by atoms with van der Waals surface area (Å²) in [5.41, 5.74) is 0.293. The van der Waals surface area contributed by atoms with E-state index in [0.29, 0.717) is 11.3 Å². The van der Waals surface area contributed by atoms with E-state index in [4.69, 9.17) is 4.42 Å². The van der Waals surface area contributed by atoms with Crippen molar-refractivity contribution in [1.82, 2.24) is 4.90 Å². The number of nitrogens with zero attached hydrogens (tertiary/aromatic N) is 2. The van der Waals surface area contributed by atoms with Crippen LogP contribution in [0.2, 0.25) is 0 Å². The van der Waals surface area contributed by atoms with E-state index in [1.165, 1.54) is 29.4 Å². The van der Waals surface area contributed by atoms with Gasteiger partial charge >= 0.3 is 0 Å². The third-order valence-electron chi connectivity index (χ3n) is 4.96. The molecule has 1 fully saturated rings. The Balaban J connectivity index is 1.87. The highest BCUT2D eigenvalue weighted by molar-refractivity contribution is 9.10. The van der Waals surface area contributed by atoms with Crippen LogP contribution in [0.15, 0.2) is 81.4 Å². The number of halogens is 1. The molecule has 1 N–H and O–H groups in total. The summed E-state index contributed by atoms with van der Waals surface area (Å²) < 4.78 is 6.14. The van der Waals surface area contributed by atoms with Gasteiger partial charge in [-0.15, -0.1) is 0 Å². The van der Waals surface area contributed by atoms with Crippen LogP contribution in [0.1, 0.15) is 22.9 Å². The van der Waals surface area contributed by atoms with E-state index >= 15 is 0 Å². The van der Waals surface area contributed by atoms with Crippen molar-refractivity contribution >= 4 is 39.1 Å². The number of carbonyl (C=O) groups is 2. The van der Waals surface area contributed by atoms with Crippen LogP contribution in [0, 0.1) is 10.1 Å². The Bertz CT molecular complexity index is 1200. The van der Waals surface area contributed by atoms with Gasteiger partial charge in [0.1, 0.15) is 11.5 Å². The molecule has 8 nitrogen and oxygen atoms in total. The second kappa shape index (κ2) is 8.19. The number of ketones is 1. The minimum atomic E-state index is -0.891. The topological polar surface area (TPSA) is 114 Å². The second-order valence-electron chi connectivity index (χ2n) is 6.87. The van der Waals surface area contributed by atoms with E-state index in [-0.39, 0.29) is 23.4 Å². The molecule has 0 bridgehead atoms. The first kappa shape index (κ1) is 20.5. The Morgan fingerprint density at radius 1 is 1.13 bits per heavy atom. The van der Waals surface area contributed by atoms with Gasteiger partial charge in [0, 0.05) is 22.2 Å². The summed E-state index contributed by atoms with van der Waals surface area (Å²) in [6.07, 6.45) is 1.46. The van der Waals surface area contributed by atoms with Gasteiger partial charge in [-0.05, 0) is 29.8 Å². The first-order valence-corrected chi connectivity index (χ1v) is 9.97. The first-order valence-electron chi connectivity index (χ1n) is 9.18. The molecule has 1 aliphatic rings. The Morgan fingerprint density at radius 2 is 1.87 bits per heavy atom. The fraction of sp³-hybridized carbons (Fsp3) is 0.0909. The maximum Gasteiger partial charge on any atom is 0.296 e. The zero-order valence-electron chi connectivity index (χ0n) is 15.9. The maximum atomic E-state index is 12.9. The lowest BCUT2D eigenvalue weighted by Crippen LogP contribution is -2.29. The third-order valence-corrected chi connectivity index (χ3v) is 5.49. The van der Waals surface area contributed by atoms with Crippen LogP contribution >= 0.6 is 15.9 Å². The van der Waals surface area contributed by atoms with E-state index in [1.807, 2.05) is 0 Å². The fourth-order valence-electron chi connectivity index (χ4n) is 3.53. The average Bonchev–Trinajstić information content (AvgIpc) is 3.36. The van der Waals surface area contributed by atoms with Crippen LogP contribution in [0.4, 0.5) is 5.69 Å². The van der Waals surface area contributed by atoms with E-state index < -0.39 is 28.4 Å². The number of aliphatic hydroxyl groups is 1. The number of nitro groups is 1. The molecule has 1 atom stereocenters. The lowest BCUT2D eigenvalue weighted by Gasteiger charge is -2.24. The van der Waals surface area contributed by atoms with Crippen molar-refractivity contribution in [3.8, 4) is 0 Å². The molecule has 4 rings (SSSR count). The number of hydrogen-bond acceptors (Lipinski definition) is 6. The number of furan rings is 1. The van der Waals surface area contributed by atoms with Gasteiger partial charge in [-0.2, -0.15) is 0 Å². The molecule has 1 aliphatic heterocycles. The molecular formula is C22H15BrN2O6. The molecule has 2 heterocycles. The Kier molecular flexibility index (Phi) is 5.43. The Labute approximate surface area is 184 Å². The summed E-state index contributed by atoms with van der Waals surface area (Å²) >= 11 is 3.36. The number of hydrogen-bond donors (Lipinski definition) is 1. The molecule has 1 saturated heterocycles. The van der Waals surface area contributed by atoms with E-state index in [0.717, 1.165) is 10.5 Å². The Hall–Kier alpha value is -3.72. The predicted octanol–water partition coefficient (Wildman–Crippen LogP) is 4.57. The average molecular weight is 483 g/mol. The molecule has 31 heavy (non-hydrogen) atoms. The van der Waals surface area contributed by atoms with Crippen molar-refractivity contribution in [2.45, 2.75) is 12.6 Å². The van der Waals surface area contributed by atoms with Gasteiger partial charge in [0.15, 0.2) is 0 Å². The molecule has 2 aromatic carbocycles. The molecule has 0 spiro atoms.